The Hall–Kier alpha value is -3.10. The largest absolute Gasteiger partial charge is 0.460 e. The van der Waals surface area contributed by atoms with Crippen LogP contribution in [-0.2, 0) is 21.8 Å². The molecule has 0 saturated carbocycles. The predicted octanol–water partition coefficient (Wildman–Crippen LogP) is 4.79. The predicted molar refractivity (Wildman–Crippen MR) is 127 cm³/mol. The van der Waals surface area contributed by atoms with E-state index in [4.69, 9.17) is 18.9 Å². The normalized spacial score (nSPS) is 16.0. The van der Waals surface area contributed by atoms with E-state index < -0.39 is 5.97 Å². The van der Waals surface area contributed by atoms with Crippen LogP contribution in [0.3, 0.4) is 0 Å². The van der Waals surface area contributed by atoms with Gasteiger partial charge in [0.25, 0.3) is 5.56 Å². The van der Waals surface area contributed by atoms with E-state index in [0.29, 0.717) is 40.5 Å². The van der Waals surface area contributed by atoms with Gasteiger partial charge in [-0.3, -0.25) is 9.36 Å². The third-order valence-electron chi connectivity index (χ3n) is 5.74. The molecule has 33 heavy (non-hydrogen) atoms. The summed E-state index contributed by atoms with van der Waals surface area (Å²) in [7, 11) is 0. The van der Waals surface area contributed by atoms with Gasteiger partial charge < -0.3 is 13.9 Å². The molecule has 4 aromatic rings. The molecule has 0 N–H and O–H groups in total. The van der Waals surface area contributed by atoms with Crippen LogP contribution in [-0.4, -0.2) is 34.8 Å². The molecule has 0 radical (unpaired) electrons. The molecule has 2 aromatic carbocycles. The van der Waals surface area contributed by atoms with Crippen molar-refractivity contribution in [2.45, 2.75) is 43.3 Å². The van der Waals surface area contributed by atoms with Crippen LogP contribution in [0.5, 0.6) is 0 Å². The summed E-state index contributed by atoms with van der Waals surface area (Å²) in [4.78, 5) is 30.7. The number of esters is 1. The van der Waals surface area contributed by atoms with E-state index in [9.17, 15) is 9.59 Å². The number of carbonyl (C=O) groups excluding carboxylic acids is 1. The fraction of sp³-hybridized carbons (Fsp3) is 0.320. The highest BCUT2D eigenvalue weighted by molar-refractivity contribution is 7.98. The number of nitrogens with zero attached hydrogens (tertiary/aromatic N) is 2. The first-order valence-electron chi connectivity index (χ1n) is 11.1. The Kier molecular flexibility index (Phi) is 6.20. The van der Waals surface area contributed by atoms with Crippen molar-refractivity contribution in [3.8, 4) is 0 Å². The Balaban J connectivity index is 1.54. The zero-order valence-electron chi connectivity index (χ0n) is 18.3. The minimum Gasteiger partial charge on any atom is -0.460 e. The number of thioether (sulfide) groups is 1. The summed E-state index contributed by atoms with van der Waals surface area (Å²) in [5.74, 6) is 0.105. The Bertz CT molecular complexity index is 1370. The third kappa shape index (κ3) is 4.28. The molecular formula is C25H24N2O5S. The summed E-state index contributed by atoms with van der Waals surface area (Å²) in [5, 5.41) is 2.02. The number of para-hydroxylation sites is 2. The van der Waals surface area contributed by atoms with Crippen molar-refractivity contribution in [3.63, 3.8) is 0 Å². The monoisotopic (exact) mass is 464 g/mol. The molecule has 0 aliphatic carbocycles. The van der Waals surface area contributed by atoms with Crippen LogP contribution in [0.1, 0.15) is 35.9 Å². The van der Waals surface area contributed by atoms with E-state index in [2.05, 4.69) is 0 Å². The second-order valence-electron chi connectivity index (χ2n) is 7.88. The molecule has 5 rings (SSSR count). The Morgan fingerprint density at radius 1 is 1.18 bits per heavy atom. The van der Waals surface area contributed by atoms with Gasteiger partial charge in [-0.1, -0.05) is 42.1 Å². The number of carbonyl (C=O) groups is 1. The molecule has 1 unspecified atom stereocenters. The molecule has 170 valence electrons. The average Bonchev–Trinajstić information content (AvgIpc) is 3.48. The highest BCUT2D eigenvalue weighted by Gasteiger charge is 2.24. The number of benzene rings is 2. The van der Waals surface area contributed by atoms with Crippen LogP contribution in [0, 0.1) is 0 Å². The molecule has 0 bridgehead atoms. The van der Waals surface area contributed by atoms with Gasteiger partial charge in [-0.05, 0) is 38.0 Å². The quantitative estimate of drug-likeness (QED) is 0.221. The van der Waals surface area contributed by atoms with Crippen LogP contribution in [0.2, 0.25) is 0 Å². The molecule has 1 aliphatic heterocycles. The summed E-state index contributed by atoms with van der Waals surface area (Å²) >= 11 is 1.41. The lowest BCUT2D eigenvalue weighted by molar-refractivity contribution is 0.0491. The van der Waals surface area contributed by atoms with Crippen LogP contribution in [0.4, 0.5) is 0 Å². The summed E-state index contributed by atoms with van der Waals surface area (Å²) in [5.41, 5.74) is 1.93. The van der Waals surface area contributed by atoms with Crippen LogP contribution in [0.15, 0.2) is 62.9 Å². The second kappa shape index (κ2) is 9.41. The topological polar surface area (TPSA) is 83.6 Å². The van der Waals surface area contributed by atoms with Crippen molar-refractivity contribution < 1.29 is 18.7 Å². The first-order chi connectivity index (χ1) is 16.2. The molecule has 1 aliphatic rings. The number of aromatic nitrogens is 2. The number of ether oxygens (including phenoxy) is 2. The highest BCUT2D eigenvalue weighted by atomic mass is 32.2. The summed E-state index contributed by atoms with van der Waals surface area (Å²) in [6.07, 6.45) is 1.91. The van der Waals surface area contributed by atoms with Gasteiger partial charge >= 0.3 is 5.97 Å². The van der Waals surface area contributed by atoms with Gasteiger partial charge in [0.05, 0.1) is 30.2 Å². The molecule has 7 nitrogen and oxygen atoms in total. The lowest BCUT2D eigenvalue weighted by Crippen LogP contribution is -2.28. The molecule has 0 spiro atoms. The van der Waals surface area contributed by atoms with Gasteiger partial charge in [0.15, 0.2) is 5.16 Å². The summed E-state index contributed by atoms with van der Waals surface area (Å²) in [6.45, 7) is 3.19. The van der Waals surface area contributed by atoms with Crippen LogP contribution < -0.4 is 5.56 Å². The number of hydrogen-bond acceptors (Lipinski definition) is 7. The molecular weight excluding hydrogens is 440 g/mol. The SMILES string of the molecule is CCOC(=O)c1oc2ccccc2c1CSc1nc2ccccc2c(=O)n1CC1CCCO1. The first kappa shape index (κ1) is 21.7. The minimum absolute atomic E-state index is 0.00476. The number of furan rings is 1. The number of rotatable bonds is 7. The number of fused-ring (bicyclic) bond motifs is 2. The third-order valence-corrected chi connectivity index (χ3v) is 6.74. The average molecular weight is 465 g/mol. The van der Waals surface area contributed by atoms with Crippen LogP contribution >= 0.6 is 11.8 Å². The fourth-order valence-corrected chi connectivity index (χ4v) is 5.19. The first-order valence-corrected chi connectivity index (χ1v) is 12.1. The molecule has 1 atom stereocenters. The van der Waals surface area contributed by atoms with Crippen molar-refractivity contribution >= 4 is 39.6 Å². The highest BCUT2D eigenvalue weighted by Crippen LogP contribution is 2.32. The molecule has 3 heterocycles. The Morgan fingerprint density at radius 3 is 2.76 bits per heavy atom. The van der Waals surface area contributed by atoms with E-state index in [0.717, 1.165) is 23.8 Å². The Labute approximate surface area is 194 Å². The lowest BCUT2D eigenvalue weighted by atomic mass is 10.1. The smallest absolute Gasteiger partial charge is 0.374 e. The van der Waals surface area contributed by atoms with Gasteiger partial charge in [-0.15, -0.1) is 0 Å². The van der Waals surface area contributed by atoms with Crippen LogP contribution in [0.25, 0.3) is 21.9 Å². The van der Waals surface area contributed by atoms with E-state index in [1.165, 1.54) is 11.8 Å². The van der Waals surface area contributed by atoms with Gasteiger partial charge in [-0.2, -0.15) is 0 Å². The Morgan fingerprint density at radius 2 is 1.97 bits per heavy atom. The van der Waals surface area contributed by atoms with Gasteiger partial charge in [0, 0.05) is 23.3 Å². The minimum atomic E-state index is -0.493. The second-order valence-corrected chi connectivity index (χ2v) is 8.82. The van der Waals surface area contributed by atoms with Crippen molar-refractivity contribution in [2.75, 3.05) is 13.2 Å². The van der Waals surface area contributed by atoms with Gasteiger partial charge in [0.2, 0.25) is 5.76 Å². The maximum absolute atomic E-state index is 13.3. The maximum Gasteiger partial charge on any atom is 0.374 e. The zero-order valence-corrected chi connectivity index (χ0v) is 19.1. The number of hydrogen-bond donors (Lipinski definition) is 0. The zero-order chi connectivity index (χ0) is 22.8. The standard InChI is InChI=1S/C25H24N2O5S/c1-2-30-24(29)22-19(17-9-4-6-12-21(17)32-22)15-33-25-26-20-11-5-3-10-18(20)23(28)27(25)14-16-8-7-13-31-16/h3-6,9-12,16H,2,7-8,13-15H2,1H3. The lowest BCUT2D eigenvalue weighted by Gasteiger charge is -2.16. The van der Waals surface area contributed by atoms with E-state index >= 15 is 0 Å². The van der Waals surface area contributed by atoms with Crippen molar-refractivity contribution in [1.82, 2.24) is 9.55 Å². The van der Waals surface area contributed by atoms with Crippen molar-refractivity contribution in [1.29, 1.82) is 0 Å². The summed E-state index contributed by atoms with van der Waals surface area (Å²) < 4.78 is 18.5. The van der Waals surface area contributed by atoms with E-state index in [1.807, 2.05) is 42.5 Å². The molecule has 8 heteroatoms. The van der Waals surface area contributed by atoms with Gasteiger partial charge in [-0.25, -0.2) is 9.78 Å². The molecule has 2 aromatic heterocycles. The van der Waals surface area contributed by atoms with E-state index in [-0.39, 0.29) is 24.0 Å². The fourth-order valence-electron chi connectivity index (χ4n) is 4.15. The van der Waals surface area contributed by atoms with E-state index in [1.54, 1.807) is 17.6 Å². The van der Waals surface area contributed by atoms with Crippen molar-refractivity contribution in [2.24, 2.45) is 0 Å². The van der Waals surface area contributed by atoms with Crippen molar-refractivity contribution in [3.05, 3.63) is 70.2 Å². The maximum atomic E-state index is 13.3. The summed E-state index contributed by atoms with van der Waals surface area (Å²) in [6, 6.07) is 14.9. The van der Waals surface area contributed by atoms with Gasteiger partial charge in [0.1, 0.15) is 5.58 Å². The molecule has 0 amide bonds. The molecule has 1 fully saturated rings. The molecule has 1 saturated heterocycles.